The average Bonchev–Trinajstić information content (AvgIpc) is 3.39. The van der Waals surface area contributed by atoms with Crippen molar-refractivity contribution >= 4 is 11.9 Å². The quantitative estimate of drug-likeness (QED) is 0.385. The van der Waals surface area contributed by atoms with E-state index in [2.05, 4.69) is 15.1 Å². The van der Waals surface area contributed by atoms with Gasteiger partial charge < -0.3 is 0 Å². The van der Waals surface area contributed by atoms with Crippen LogP contribution in [0.4, 0.5) is 13.2 Å². The summed E-state index contributed by atoms with van der Waals surface area (Å²) >= 11 is 0. The van der Waals surface area contributed by atoms with Crippen molar-refractivity contribution in [1.29, 1.82) is 0 Å². The van der Waals surface area contributed by atoms with Crippen molar-refractivity contribution in [2.24, 2.45) is 21.6 Å². The Morgan fingerprint density at radius 2 is 1.92 bits per heavy atom. The van der Waals surface area contributed by atoms with E-state index in [1.165, 1.54) is 36.1 Å². The first-order valence-corrected chi connectivity index (χ1v) is 13.7. The molecule has 2 aliphatic heterocycles. The van der Waals surface area contributed by atoms with Crippen molar-refractivity contribution in [1.82, 2.24) is 13.9 Å². The van der Waals surface area contributed by atoms with Gasteiger partial charge in [0.05, 0.1) is 34.8 Å². The largest absolute Gasteiger partial charge is 0.418 e. The van der Waals surface area contributed by atoms with Crippen LogP contribution in [0.15, 0.2) is 57.7 Å². The maximum Gasteiger partial charge on any atom is 0.418 e. The van der Waals surface area contributed by atoms with Crippen LogP contribution < -0.4 is 5.69 Å². The summed E-state index contributed by atoms with van der Waals surface area (Å²) in [4.78, 5) is 15.8. The second kappa shape index (κ2) is 8.87. The number of hydrogen-bond acceptors (Lipinski definition) is 4. The number of fused-ring (bicyclic) bond motifs is 1. The molecule has 1 spiro atoms. The molecule has 1 saturated heterocycles. The first-order valence-electron chi connectivity index (χ1n) is 13.7. The highest BCUT2D eigenvalue weighted by atomic mass is 19.4. The van der Waals surface area contributed by atoms with Crippen molar-refractivity contribution in [3.05, 3.63) is 76.1 Å². The van der Waals surface area contributed by atoms with Gasteiger partial charge in [0.25, 0.3) is 0 Å². The molecule has 7 rings (SSSR count). The van der Waals surface area contributed by atoms with Crippen molar-refractivity contribution < 1.29 is 17.7 Å². The number of halogens is 3. The Morgan fingerprint density at radius 1 is 1.13 bits per heavy atom. The van der Waals surface area contributed by atoms with Gasteiger partial charge in [-0.15, -0.1) is 0 Å². The molecule has 203 valence electrons. The van der Waals surface area contributed by atoms with Gasteiger partial charge >= 0.3 is 24.4 Å². The Kier molecular flexibility index (Phi) is 5.63. The number of likely N-dealkylation sites (N-methyl/N-ethyl adjacent to an activating group) is 1. The van der Waals surface area contributed by atoms with E-state index in [-0.39, 0.29) is 11.4 Å². The monoisotopic (exact) mass is 536 g/mol. The lowest BCUT2D eigenvalue weighted by atomic mass is 9.63. The van der Waals surface area contributed by atoms with Crippen LogP contribution in [0.1, 0.15) is 61.1 Å². The molecule has 10 heteroatoms. The van der Waals surface area contributed by atoms with Gasteiger partial charge in [-0.25, -0.2) is 9.37 Å². The maximum atomic E-state index is 14.2. The van der Waals surface area contributed by atoms with E-state index in [0.717, 1.165) is 48.5 Å². The molecule has 1 radical (unpaired) electrons. The van der Waals surface area contributed by atoms with Crippen LogP contribution in [0.2, 0.25) is 0 Å². The smallest absolute Gasteiger partial charge is 0.298 e. The molecule has 2 saturated carbocycles. The number of pyridine rings is 1. The molecule has 0 unspecified atom stereocenters. The Balaban J connectivity index is 1.26. The van der Waals surface area contributed by atoms with Gasteiger partial charge in [-0.2, -0.15) is 13.2 Å². The van der Waals surface area contributed by atoms with E-state index >= 15 is 0 Å². The molecule has 4 heterocycles. The zero-order valence-electron chi connectivity index (χ0n) is 21.9. The number of nitrogens with zero attached hydrogens (tertiary/aromatic N) is 6. The highest BCUT2D eigenvalue weighted by Crippen LogP contribution is 2.49. The fourth-order valence-corrected chi connectivity index (χ4v) is 6.86. The highest BCUT2D eigenvalue weighted by molar-refractivity contribution is 5.58. The Hall–Kier alpha value is -3.27. The van der Waals surface area contributed by atoms with Crippen molar-refractivity contribution in [2.75, 3.05) is 20.1 Å². The van der Waals surface area contributed by atoms with Crippen LogP contribution in [-0.4, -0.2) is 44.9 Å². The average molecular weight is 537 g/mol. The van der Waals surface area contributed by atoms with Crippen molar-refractivity contribution in [3.8, 4) is 5.69 Å². The number of imidazole rings is 1. The van der Waals surface area contributed by atoms with Gasteiger partial charge in [0.2, 0.25) is 0 Å². The molecule has 2 aromatic heterocycles. The van der Waals surface area contributed by atoms with Crippen LogP contribution in [0.25, 0.3) is 11.2 Å². The van der Waals surface area contributed by atoms with Gasteiger partial charge in [-0.3, -0.25) is 13.9 Å². The van der Waals surface area contributed by atoms with Crippen molar-refractivity contribution in [2.45, 2.75) is 57.2 Å². The zero-order valence-corrected chi connectivity index (χ0v) is 21.9. The molecule has 7 nitrogen and oxygen atoms in total. The molecule has 0 bridgehead atoms. The number of benzene rings is 1. The molecule has 39 heavy (non-hydrogen) atoms. The number of azo groups is 1. The Morgan fingerprint density at radius 3 is 2.54 bits per heavy atom. The van der Waals surface area contributed by atoms with Gasteiger partial charge in [0.15, 0.2) is 0 Å². The Labute approximate surface area is 224 Å². The molecule has 4 aliphatic rings. The lowest BCUT2D eigenvalue weighted by molar-refractivity contribution is -0.480. The molecular formula is C29H31F3N6O+. The number of rotatable bonds is 6. The van der Waals surface area contributed by atoms with Crippen molar-refractivity contribution in [3.63, 3.8) is 0 Å². The summed E-state index contributed by atoms with van der Waals surface area (Å²) in [7, 11) is 1.92. The molecule has 1 aromatic carbocycles. The molecule has 0 N–H and O–H groups in total. The Bertz CT molecular complexity index is 1550. The summed E-state index contributed by atoms with van der Waals surface area (Å²) < 4.78 is 47.0. The summed E-state index contributed by atoms with van der Waals surface area (Å²) in [6, 6.07) is 8.75. The van der Waals surface area contributed by atoms with Crippen LogP contribution in [-0.2, 0) is 12.7 Å². The summed E-state index contributed by atoms with van der Waals surface area (Å²) in [6.45, 7) is 2.25. The minimum absolute atomic E-state index is 0.00626. The number of alkyl halides is 3. The minimum atomic E-state index is -4.58. The van der Waals surface area contributed by atoms with Gasteiger partial charge in [0.1, 0.15) is 0 Å². The molecule has 2 aliphatic carbocycles. The van der Waals surface area contributed by atoms with Crippen LogP contribution in [0.5, 0.6) is 0 Å². The second-order valence-electron chi connectivity index (χ2n) is 11.9. The lowest BCUT2D eigenvalue weighted by Crippen LogP contribution is -2.58. The van der Waals surface area contributed by atoms with E-state index < -0.39 is 17.4 Å². The number of aromatic nitrogens is 2. The van der Waals surface area contributed by atoms with Crippen LogP contribution >= 0.6 is 0 Å². The standard InChI is InChI=1S/C29H31F3N6O/c1-35-18-33-34-26(35)25(20-5-2-6-20)21-7-3-8-22(12-21)37-15-24-23(29(30,31)32)11-19(14-38(24)27(37)39)13-36-16-28(17-36)9-4-10-28/h3,7-8,11-12,14-15,18,20,25H,2,4-6,9-10,13,16-17H2,1H3/q+1/t25-/m1/s1. The predicted molar refractivity (Wildman–Crippen MR) is 140 cm³/mol. The number of hydrogen-bond donors (Lipinski definition) is 0. The van der Waals surface area contributed by atoms with E-state index in [1.807, 2.05) is 29.8 Å². The van der Waals surface area contributed by atoms with E-state index in [4.69, 9.17) is 0 Å². The highest BCUT2D eigenvalue weighted by Gasteiger charge is 2.47. The van der Waals surface area contributed by atoms with Crippen LogP contribution in [0, 0.1) is 17.5 Å². The minimum Gasteiger partial charge on any atom is -0.298 e. The molecule has 3 fully saturated rings. The van der Waals surface area contributed by atoms with E-state index in [0.29, 0.717) is 29.1 Å². The van der Waals surface area contributed by atoms with E-state index in [9.17, 15) is 18.0 Å². The predicted octanol–water partition coefficient (Wildman–Crippen LogP) is 5.60. The summed E-state index contributed by atoms with van der Waals surface area (Å²) in [5, 5.41) is 8.43. The summed E-state index contributed by atoms with van der Waals surface area (Å²) in [5.74, 6) is 0.416. The van der Waals surface area contributed by atoms with Crippen LogP contribution in [0.3, 0.4) is 0 Å². The normalized spacial score (nSPS) is 22.1. The third kappa shape index (κ3) is 4.15. The third-order valence-electron chi connectivity index (χ3n) is 9.22. The first kappa shape index (κ1) is 24.7. The topological polar surface area (TPSA) is 57.4 Å². The number of likely N-dealkylation sites (tertiary alicyclic amines) is 1. The fourth-order valence-electron chi connectivity index (χ4n) is 6.86. The summed E-state index contributed by atoms with van der Waals surface area (Å²) in [6.07, 6.45) is 7.81. The second-order valence-corrected chi connectivity index (χ2v) is 11.9. The molecule has 0 amide bonds. The SMILES string of the molecule is C[N+]1=CN=N[C]1[C@@H](c1cccc(-n2cc3c(C(F)(F)F)cc(CN4CC5(CCC5)C4)cn3c2=O)c1)C1CCC1. The molecular weight excluding hydrogens is 505 g/mol. The fraction of sp³-hybridized carbons (Fsp3) is 0.483. The third-order valence-corrected chi connectivity index (χ3v) is 9.22. The van der Waals surface area contributed by atoms with Gasteiger partial charge in [0, 0.05) is 32.0 Å². The first-order chi connectivity index (χ1) is 18.7. The van der Waals surface area contributed by atoms with Gasteiger partial charge in [-0.1, -0.05) is 25.0 Å². The van der Waals surface area contributed by atoms with E-state index in [1.54, 1.807) is 18.6 Å². The summed E-state index contributed by atoms with van der Waals surface area (Å²) in [5.41, 5.74) is 0.982. The maximum absolute atomic E-state index is 14.2. The lowest BCUT2D eigenvalue weighted by Gasteiger charge is -2.56. The zero-order chi connectivity index (χ0) is 26.9. The van der Waals surface area contributed by atoms with Gasteiger partial charge in [-0.05, 0) is 71.5 Å². The molecule has 3 aromatic rings. The molecule has 1 atom stereocenters.